The van der Waals surface area contributed by atoms with Gasteiger partial charge in [-0.25, -0.2) is 8.42 Å². The molecule has 0 amide bonds. The van der Waals surface area contributed by atoms with Crippen LogP contribution in [0.2, 0.25) is 0 Å². The number of halogens is 1. The van der Waals surface area contributed by atoms with Gasteiger partial charge in [0.15, 0.2) is 0 Å². The normalized spacial score (nSPS) is 12.5. The smallest absolute Gasteiger partial charge is 0.265 e. The minimum absolute atomic E-state index is 0.240. The quantitative estimate of drug-likeness (QED) is 0.843. The number of nitrogens with zero attached hydrogens (tertiary/aromatic N) is 2. The van der Waals surface area contributed by atoms with Gasteiger partial charge in [-0.2, -0.15) is 5.10 Å². The minimum Gasteiger partial charge on any atom is -0.279 e. The van der Waals surface area contributed by atoms with E-state index in [1.807, 2.05) is 33.8 Å². The Balaban J connectivity index is 2.48. The molecular formula is C16H22BrN3O2S. The Morgan fingerprint density at radius 2 is 1.78 bits per heavy atom. The van der Waals surface area contributed by atoms with E-state index in [9.17, 15) is 8.42 Å². The number of hydrogen-bond acceptors (Lipinski definition) is 3. The van der Waals surface area contributed by atoms with Gasteiger partial charge in [0.25, 0.3) is 10.0 Å². The Morgan fingerprint density at radius 1 is 1.17 bits per heavy atom. The average molecular weight is 400 g/mol. The summed E-state index contributed by atoms with van der Waals surface area (Å²) in [5, 5.41) is 4.41. The number of sulfonamides is 1. The molecule has 0 aliphatic rings. The largest absolute Gasteiger partial charge is 0.279 e. The first-order chi connectivity index (χ1) is 10.4. The summed E-state index contributed by atoms with van der Waals surface area (Å²) < 4.78 is 30.8. The van der Waals surface area contributed by atoms with Crippen molar-refractivity contribution in [3.05, 3.63) is 39.6 Å². The minimum atomic E-state index is -3.70. The average Bonchev–Trinajstić information content (AvgIpc) is 2.69. The monoisotopic (exact) mass is 399 g/mol. The summed E-state index contributed by atoms with van der Waals surface area (Å²) in [4.78, 5) is 0.240. The molecule has 7 heteroatoms. The van der Waals surface area contributed by atoms with Crippen LogP contribution >= 0.6 is 15.9 Å². The molecule has 126 valence electrons. The second-order valence-corrected chi connectivity index (χ2v) is 9.13. The standard InChI is InChI=1S/C16H22BrN3O2S/c1-10-7-8-13(9-14(10)17)19-23(21,22)15-11(2)18-20(12(15)3)16(4,5)6/h7-9,19H,1-6H3. The Labute approximate surface area is 146 Å². The molecule has 0 saturated heterocycles. The summed E-state index contributed by atoms with van der Waals surface area (Å²) in [5.74, 6) is 0. The van der Waals surface area contributed by atoms with Gasteiger partial charge in [-0.3, -0.25) is 9.40 Å². The molecule has 1 aromatic carbocycles. The maximum Gasteiger partial charge on any atom is 0.265 e. The predicted molar refractivity (Wildman–Crippen MR) is 96.4 cm³/mol. The highest BCUT2D eigenvalue weighted by atomic mass is 79.9. The first-order valence-electron chi connectivity index (χ1n) is 7.29. The Morgan fingerprint density at radius 3 is 2.26 bits per heavy atom. The molecule has 1 N–H and O–H groups in total. The van der Waals surface area contributed by atoms with Crippen LogP contribution in [0.25, 0.3) is 0 Å². The van der Waals surface area contributed by atoms with Gasteiger partial charge < -0.3 is 0 Å². The van der Waals surface area contributed by atoms with Crippen molar-refractivity contribution < 1.29 is 8.42 Å². The number of benzene rings is 1. The van der Waals surface area contributed by atoms with Crippen LogP contribution < -0.4 is 4.72 Å². The van der Waals surface area contributed by atoms with E-state index in [0.29, 0.717) is 17.1 Å². The maximum atomic E-state index is 12.8. The fraction of sp³-hybridized carbons (Fsp3) is 0.438. The van der Waals surface area contributed by atoms with Gasteiger partial charge in [0.05, 0.1) is 16.9 Å². The summed E-state index contributed by atoms with van der Waals surface area (Å²) in [6.45, 7) is 11.4. The molecule has 0 aliphatic carbocycles. The molecule has 0 radical (unpaired) electrons. The summed E-state index contributed by atoms with van der Waals surface area (Å²) in [6.07, 6.45) is 0. The van der Waals surface area contributed by atoms with Crippen molar-refractivity contribution in [2.24, 2.45) is 0 Å². The van der Waals surface area contributed by atoms with Gasteiger partial charge in [-0.05, 0) is 59.2 Å². The molecule has 0 bridgehead atoms. The molecule has 2 aromatic rings. The van der Waals surface area contributed by atoms with Crippen molar-refractivity contribution in [3.8, 4) is 0 Å². The van der Waals surface area contributed by atoms with Crippen molar-refractivity contribution in [1.82, 2.24) is 9.78 Å². The van der Waals surface area contributed by atoms with Crippen LogP contribution in [-0.4, -0.2) is 18.2 Å². The molecular weight excluding hydrogens is 378 g/mol. The van der Waals surface area contributed by atoms with Gasteiger partial charge in [0, 0.05) is 10.2 Å². The summed E-state index contributed by atoms with van der Waals surface area (Å²) >= 11 is 3.42. The Bertz CT molecular complexity index is 849. The predicted octanol–water partition coefficient (Wildman–Crippen LogP) is 4.13. The molecule has 0 spiro atoms. The lowest BCUT2D eigenvalue weighted by Crippen LogP contribution is -2.25. The third-order valence-corrected chi connectivity index (χ3v) is 6.04. The molecule has 5 nitrogen and oxygen atoms in total. The Hall–Kier alpha value is -1.34. The number of aromatic nitrogens is 2. The number of rotatable bonds is 3. The van der Waals surface area contributed by atoms with Crippen molar-refractivity contribution in [2.45, 2.75) is 52.0 Å². The van der Waals surface area contributed by atoms with E-state index in [1.165, 1.54) is 0 Å². The summed E-state index contributed by atoms with van der Waals surface area (Å²) in [7, 11) is -3.70. The first kappa shape index (κ1) is 18.0. The van der Waals surface area contributed by atoms with E-state index in [4.69, 9.17) is 0 Å². The van der Waals surface area contributed by atoms with Crippen LogP contribution in [0, 0.1) is 20.8 Å². The summed E-state index contributed by atoms with van der Waals surface area (Å²) in [6, 6.07) is 5.36. The van der Waals surface area contributed by atoms with Crippen molar-refractivity contribution in [3.63, 3.8) is 0 Å². The van der Waals surface area contributed by atoms with E-state index in [2.05, 4.69) is 25.8 Å². The number of aryl methyl sites for hydroxylation is 2. The molecule has 0 saturated carbocycles. The zero-order valence-corrected chi connectivity index (χ0v) is 16.6. The van der Waals surface area contributed by atoms with Crippen LogP contribution in [0.5, 0.6) is 0 Å². The van der Waals surface area contributed by atoms with Crippen molar-refractivity contribution in [2.75, 3.05) is 4.72 Å². The fourth-order valence-corrected chi connectivity index (χ4v) is 4.36. The number of anilines is 1. The second-order valence-electron chi connectivity index (χ2n) is 6.65. The van der Waals surface area contributed by atoms with Crippen LogP contribution in [0.1, 0.15) is 37.7 Å². The molecule has 23 heavy (non-hydrogen) atoms. The maximum absolute atomic E-state index is 12.8. The third-order valence-electron chi connectivity index (χ3n) is 3.55. The number of nitrogens with one attached hydrogen (secondary N) is 1. The summed E-state index contributed by atoms with van der Waals surface area (Å²) in [5.41, 5.74) is 2.41. The SMILES string of the molecule is Cc1ccc(NS(=O)(=O)c2c(C)nn(C(C)(C)C)c2C)cc1Br. The Kier molecular flexibility index (Phi) is 4.65. The lowest BCUT2D eigenvalue weighted by molar-refractivity contribution is 0.345. The zero-order chi connectivity index (χ0) is 17.6. The van der Waals surface area contributed by atoms with Crippen molar-refractivity contribution >= 4 is 31.6 Å². The van der Waals surface area contributed by atoms with Gasteiger partial charge in [0.1, 0.15) is 4.90 Å². The van der Waals surface area contributed by atoms with Gasteiger partial charge in [0.2, 0.25) is 0 Å². The molecule has 0 aliphatic heterocycles. The topological polar surface area (TPSA) is 64.0 Å². The van der Waals surface area contributed by atoms with Crippen LogP contribution in [0.15, 0.2) is 27.6 Å². The molecule has 1 aromatic heterocycles. The van der Waals surface area contributed by atoms with Gasteiger partial charge in [-0.1, -0.05) is 22.0 Å². The van der Waals surface area contributed by atoms with E-state index in [1.54, 1.807) is 30.7 Å². The van der Waals surface area contributed by atoms with Crippen molar-refractivity contribution in [1.29, 1.82) is 0 Å². The highest BCUT2D eigenvalue weighted by Crippen LogP contribution is 2.28. The molecule has 0 unspecified atom stereocenters. The highest BCUT2D eigenvalue weighted by Gasteiger charge is 2.28. The van der Waals surface area contributed by atoms with E-state index >= 15 is 0 Å². The van der Waals surface area contributed by atoms with Gasteiger partial charge in [-0.15, -0.1) is 0 Å². The fourth-order valence-electron chi connectivity index (χ4n) is 2.53. The number of hydrogen-bond donors (Lipinski definition) is 1. The third kappa shape index (κ3) is 3.61. The molecule has 0 fully saturated rings. The van der Waals surface area contributed by atoms with Crippen LogP contribution in [0.4, 0.5) is 5.69 Å². The van der Waals surface area contributed by atoms with Gasteiger partial charge >= 0.3 is 0 Å². The second kappa shape index (κ2) is 5.94. The zero-order valence-electron chi connectivity index (χ0n) is 14.2. The van der Waals surface area contributed by atoms with E-state index in [0.717, 1.165) is 10.0 Å². The van der Waals surface area contributed by atoms with Crippen LogP contribution in [0.3, 0.4) is 0 Å². The van der Waals surface area contributed by atoms with E-state index in [-0.39, 0.29) is 10.4 Å². The molecule has 2 rings (SSSR count). The first-order valence-corrected chi connectivity index (χ1v) is 9.57. The lowest BCUT2D eigenvalue weighted by atomic mass is 10.1. The molecule has 1 heterocycles. The lowest BCUT2D eigenvalue weighted by Gasteiger charge is -2.21. The molecule has 0 atom stereocenters. The van der Waals surface area contributed by atoms with E-state index < -0.39 is 10.0 Å². The highest BCUT2D eigenvalue weighted by molar-refractivity contribution is 9.10. The van der Waals surface area contributed by atoms with Crippen LogP contribution in [-0.2, 0) is 15.6 Å².